The molecule has 2 aromatic carbocycles. The summed E-state index contributed by atoms with van der Waals surface area (Å²) in [5.74, 6) is 0.913. The summed E-state index contributed by atoms with van der Waals surface area (Å²) in [6.07, 6.45) is 2.77. The van der Waals surface area contributed by atoms with Gasteiger partial charge in [-0.2, -0.15) is 0 Å². The summed E-state index contributed by atoms with van der Waals surface area (Å²) in [5.41, 5.74) is 3.77. The van der Waals surface area contributed by atoms with Crippen LogP contribution in [0.1, 0.15) is 29.5 Å². The van der Waals surface area contributed by atoms with Crippen LogP contribution in [0.25, 0.3) is 0 Å². The summed E-state index contributed by atoms with van der Waals surface area (Å²) in [5, 5.41) is 3.46. The Hall–Kier alpha value is -1.84. The second kappa shape index (κ2) is 8.14. The maximum Gasteiger partial charge on any atom is 0.119 e. The van der Waals surface area contributed by atoms with Crippen LogP contribution >= 0.6 is 0 Å². The van der Waals surface area contributed by atoms with E-state index < -0.39 is 0 Å². The average Bonchev–Trinajstić information content (AvgIpc) is 3.09. The number of hydrogen-bond donors (Lipinski definition) is 1. The second-order valence-corrected chi connectivity index (χ2v) is 6.13. The van der Waals surface area contributed by atoms with Crippen molar-refractivity contribution in [2.45, 2.75) is 39.0 Å². The van der Waals surface area contributed by atoms with Crippen LogP contribution in [0.15, 0.2) is 48.5 Å². The van der Waals surface area contributed by atoms with E-state index in [1.807, 2.05) is 12.1 Å². The summed E-state index contributed by atoms with van der Waals surface area (Å²) in [4.78, 5) is 0. The van der Waals surface area contributed by atoms with E-state index in [1.54, 1.807) is 0 Å². The van der Waals surface area contributed by atoms with Crippen molar-refractivity contribution in [3.8, 4) is 5.75 Å². The third-order valence-corrected chi connectivity index (χ3v) is 4.30. The van der Waals surface area contributed by atoms with Crippen LogP contribution in [0, 0.1) is 6.92 Å². The molecular formula is C20H25NO2. The van der Waals surface area contributed by atoms with Gasteiger partial charge < -0.3 is 14.8 Å². The highest BCUT2D eigenvalue weighted by Gasteiger charge is 2.14. The van der Waals surface area contributed by atoms with Crippen molar-refractivity contribution < 1.29 is 9.47 Å². The molecule has 3 rings (SSSR count). The minimum absolute atomic E-state index is 0.395. The van der Waals surface area contributed by atoms with Crippen molar-refractivity contribution in [3.05, 3.63) is 65.2 Å². The Kier molecular flexibility index (Phi) is 5.67. The summed E-state index contributed by atoms with van der Waals surface area (Å²) in [6.45, 7) is 5.45. The van der Waals surface area contributed by atoms with Crippen LogP contribution in [0.2, 0.25) is 0 Å². The topological polar surface area (TPSA) is 30.5 Å². The zero-order chi connectivity index (χ0) is 15.9. The molecule has 1 N–H and O–H groups in total. The van der Waals surface area contributed by atoms with E-state index in [4.69, 9.17) is 9.47 Å². The first-order chi connectivity index (χ1) is 11.3. The Morgan fingerprint density at radius 1 is 1.13 bits per heavy atom. The van der Waals surface area contributed by atoms with Crippen molar-refractivity contribution >= 4 is 0 Å². The van der Waals surface area contributed by atoms with E-state index in [9.17, 15) is 0 Å². The summed E-state index contributed by atoms with van der Waals surface area (Å²) >= 11 is 0. The van der Waals surface area contributed by atoms with E-state index in [0.717, 1.165) is 25.4 Å². The minimum Gasteiger partial charge on any atom is -0.489 e. The highest BCUT2D eigenvalue weighted by atomic mass is 16.5. The van der Waals surface area contributed by atoms with Gasteiger partial charge in [0, 0.05) is 19.7 Å². The molecular weight excluding hydrogens is 286 g/mol. The van der Waals surface area contributed by atoms with Gasteiger partial charge in [0.25, 0.3) is 0 Å². The maximum absolute atomic E-state index is 5.87. The molecule has 1 fully saturated rings. The maximum atomic E-state index is 5.87. The van der Waals surface area contributed by atoms with Crippen LogP contribution in [0.3, 0.4) is 0 Å². The van der Waals surface area contributed by atoms with Crippen LogP contribution in [-0.4, -0.2) is 19.3 Å². The zero-order valence-corrected chi connectivity index (χ0v) is 13.8. The summed E-state index contributed by atoms with van der Waals surface area (Å²) in [7, 11) is 0. The van der Waals surface area contributed by atoms with Gasteiger partial charge in [0.15, 0.2) is 0 Å². The second-order valence-electron chi connectivity index (χ2n) is 6.13. The highest BCUT2D eigenvalue weighted by molar-refractivity contribution is 5.29. The van der Waals surface area contributed by atoms with Gasteiger partial charge in [-0.1, -0.05) is 36.4 Å². The molecule has 23 heavy (non-hydrogen) atoms. The average molecular weight is 311 g/mol. The molecule has 0 unspecified atom stereocenters. The lowest BCUT2D eigenvalue weighted by atomic mass is 10.1. The minimum atomic E-state index is 0.395. The third-order valence-electron chi connectivity index (χ3n) is 4.30. The molecule has 3 heteroatoms. The normalized spacial score (nSPS) is 17.3. The molecule has 1 atom stereocenters. The lowest BCUT2D eigenvalue weighted by molar-refractivity contribution is 0.110. The van der Waals surface area contributed by atoms with Crippen LogP contribution in [-0.2, 0) is 17.9 Å². The largest absolute Gasteiger partial charge is 0.489 e. The van der Waals surface area contributed by atoms with Gasteiger partial charge >= 0.3 is 0 Å². The van der Waals surface area contributed by atoms with E-state index in [2.05, 4.69) is 48.6 Å². The molecule has 1 aliphatic rings. The first kappa shape index (κ1) is 16.0. The Labute approximate surface area is 138 Å². The molecule has 1 aliphatic heterocycles. The van der Waals surface area contributed by atoms with Gasteiger partial charge in [0.05, 0.1) is 6.10 Å². The summed E-state index contributed by atoms with van der Waals surface area (Å²) < 4.78 is 11.5. The monoisotopic (exact) mass is 311 g/mol. The van der Waals surface area contributed by atoms with Crippen LogP contribution in [0.5, 0.6) is 5.75 Å². The first-order valence-electron chi connectivity index (χ1n) is 8.40. The predicted octanol–water partition coefficient (Wildman–Crippen LogP) is 3.84. The fraction of sp³-hybridized carbons (Fsp3) is 0.400. The quantitative estimate of drug-likeness (QED) is 0.842. The number of benzene rings is 2. The molecule has 3 nitrogen and oxygen atoms in total. The Bertz CT molecular complexity index is 603. The molecule has 1 saturated heterocycles. The molecule has 0 aromatic heterocycles. The first-order valence-corrected chi connectivity index (χ1v) is 8.40. The molecule has 122 valence electrons. The molecule has 0 saturated carbocycles. The lowest BCUT2D eigenvalue weighted by Gasteiger charge is -2.11. The summed E-state index contributed by atoms with van der Waals surface area (Å²) in [6, 6.07) is 16.7. The van der Waals surface area contributed by atoms with Gasteiger partial charge in [0.2, 0.25) is 0 Å². The van der Waals surface area contributed by atoms with E-state index >= 15 is 0 Å². The number of hydrogen-bond acceptors (Lipinski definition) is 3. The standard InChI is InChI=1S/C20H25NO2/c1-16-5-2-3-6-18(16)15-23-19-10-8-17(9-11-19)13-21-14-20-7-4-12-22-20/h2-3,5-6,8-11,20-21H,4,7,12-15H2,1H3/t20-/m1/s1. The van der Waals surface area contributed by atoms with Gasteiger partial charge in [-0.05, 0) is 48.6 Å². The van der Waals surface area contributed by atoms with Crippen molar-refractivity contribution in [2.24, 2.45) is 0 Å². The third kappa shape index (κ3) is 4.81. The number of rotatable bonds is 7. The van der Waals surface area contributed by atoms with E-state index in [1.165, 1.54) is 29.5 Å². The van der Waals surface area contributed by atoms with Crippen molar-refractivity contribution in [3.63, 3.8) is 0 Å². The van der Waals surface area contributed by atoms with E-state index in [-0.39, 0.29) is 0 Å². The van der Waals surface area contributed by atoms with Gasteiger partial charge in [0.1, 0.15) is 12.4 Å². The number of nitrogens with one attached hydrogen (secondary N) is 1. The van der Waals surface area contributed by atoms with Crippen LogP contribution < -0.4 is 10.1 Å². The molecule has 0 radical (unpaired) electrons. The molecule has 0 bridgehead atoms. The number of ether oxygens (including phenoxy) is 2. The SMILES string of the molecule is Cc1ccccc1COc1ccc(CNC[C@H]2CCCO2)cc1. The predicted molar refractivity (Wildman–Crippen MR) is 92.6 cm³/mol. The highest BCUT2D eigenvalue weighted by Crippen LogP contribution is 2.16. The molecule has 0 aliphatic carbocycles. The van der Waals surface area contributed by atoms with Crippen molar-refractivity contribution in [1.82, 2.24) is 5.32 Å². The lowest BCUT2D eigenvalue weighted by Crippen LogP contribution is -2.25. The van der Waals surface area contributed by atoms with Crippen molar-refractivity contribution in [1.29, 1.82) is 0 Å². The molecule has 0 amide bonds. The van der Waals surface area contributed by atoms with E-state index in [0.29, 0.717) is 12.7 Å². The molecule has 2 aromatic rings. The zero-order valence-electron chi connectivity index (χ0n) is 13.8. The Morgan fingerprint density at radius 2 is 1.96 bits per heavy atom. The van der Waals surface area contributed by atoms with Crippen molar-refractivity contribution in [2.75, 3.05) is 13.2 Å². The fourth-order valence-electron chi connectivity index (χ4n) is 2.82. The Morgan fingerprint density at radius 3 is 2.70 bits per heavy atom. The molecule has 0 spiro atoms. The number of aryl methyl sites for hydroxylation is 1. The fourth-order valence-corrected chi connectivity index (χ4v) is 2.82. The van der Waals surface area contributed by atoms with Gasteiger partial charge in [-0.15, -0.1) is 0 Å². The van der Waals surface area contributed by atoms with Gasteiger partial charge in [-0.3, -0.25) is 0 Å². The van der Waals surface area contributed by atoms with Crippen LogP contribution in [0.4, 0.5) is 0 Å². The molecule has 1 heterocycles. The smallest absolute Gasteiger partial charge is 0.119 e. The van der Waals surface area contributed by atoms with Gasteiger partial charge in [-0.25, -0.2) is 0 Å². The Balaban J connectivity index is 1.44.